The highest BCUT2D eigenvalue weighted by Crippen LogP contribution is 2.29. The molecule has 0 unspecified atom stereocenters. The molecule has 0 spiro atoms. The summed E-state index contributed by atoms with van der Waals surface area (Å²) in [6, 6.07) is 0. The third-order valence-corrected chi connectivity index (χ3v) is 2.32. The van der Waals surface area contributed by atoms with Crippen LogP contribution in [0, 0.1) is 17.5 Å². The summed E-state index contributed by atoms with van der Waals surface area (Å²) >= 11 is 5.15. The highest BCUT2D eigenvalue weighted by Gasteiger charge is 2.31. The predicted molar refractivity (Wildman–Crippen MR) is 56.2 cm³/mol. The minimum Gasteiger partial charge on any atom is -0.266 e. The summed E-state index contributed by atoms with van der Waals surface area (Å²) < 4.78 is 40.7. The van der Waals surface area contributed by atoms with Gasteiger partial charge in [-0.25, -0.2) is 22.8 Å². The average Bonchev–Trinajstić information content (AvgIpc) is 2.37. The predicted octanol–water partition coefficient (Wildman–Crippen LogP) is 1.71. The van der Waals surface area contributed by atoms with Gasteiger partial charge in [-0.1, -0.05) is 11.6 Å². The fourth-order valence-corrected chi connectivity index (χ4v) is 1.39. The molecule has 2 amide bonds. The van der Waals surface area contributed by atoms with Gasteiger partial charge in [0.2, 0.25) is 12.2 Å². The maximum Gasteiger partial charge on any atom is 0.293 e. The van der Waals surface area contributed by atoms with Crippen LogP contribution in [0.4, 0.5) is 13.2 Å². The van der Waals surface area contributed by atoms with Gasteiger partial charge in [0.15, 0.2) is 17.5 Å². The molecule has 0 heterocycles. The first-order valence-electron chi connectivity index (χ1n) is 4.47. The number of isocyanates is 2. The van der Waals surface area contributed by atoms with E-state index in [1.807, 2.05) is 0 Å². The van der Waals surface area contributed by atoms with Gasteiger partial charge in [-0.05, 0) is 0 Å². The van der Waals surface area contributed by atoms with Crippen LogP contribution in [0.2, 0.25) is 5.02 Å². The first-order valence-corrected chi connectivity index (χ1v) is 4.84. The Balaban J connectivity index is 3.80. The van der Waals surface area contributed by atoms with Crippen molar-refractivity contribution in [2.45, 2.75) is 0 Å². The number of carbonyl (C=O) groups is 2. The smallest absolute Gasteiger partial charge is 0.266 e. The normalized spacial score (nSPS) is 9.40. The van der Waals surface area contributed by atoms with Gasteiger partial charge < -0.3 is 0 Å². The van der Waals surface area contributed by atoms with Crippen molar-refractivity contribution in [2.24, 2.45) is 9.98 Å². The number of aliphatic imine (C=N–C) groups is 2. The number of benzene rings is 1. The minimum absolute atomic E-state index is 0.713. The summed E-state index contributed by atoms with van der Waals surface area (Å²) in [5.41, 5.74) is -3.10. The number of amides is 2. The van der Waals surface area contributed by atoms with E-state index >= 15 is 0 Å². The molecule has 6 nitrogen and oxygen atoms in total. The van der Waals surface area contributed by atoms with E-state index in [4.69, 9.17) is 11.6 Å². The molecule has 0 aliphatic heterocycles. The Kier molecular flexibility index (Phi) is 4.66. The standard InChI is InChI=1S/C10ClF3N2O4/c11-5-7(13)3(9(19)15-1-17)6(12)4(8(5)14)10(20)16-2-18. The lowest BCUT2D eigenvalue weighted by Crippen LogP contribution is -2.13. The van der Waals surface area contributed by atoms with Crippen LogP contribution in [-0.4, -0.2) is 24.0 Å². The second kappa shape index (κ2) is 6.03. The number of halogens is 4. The number of hydrogen-bond donors (Lipinski definition) is 0. The van der Waals surface area contributed by atoms with Crippen molar-refractivity contribution >= 4 is 35.6 Å². The molecule has 1 aromatic rings. The zero-order valence-electron chi connectivity index (χ0n) is 9.04. The van der Waals surface area contributed by atoms with E-state index in [1.165, 1.54) is 0 Å². The maximum absolute atomic E-state index is 13.8. The van der Waals surface area contributed by atoms with E-state index in [2.05, 4.69) is 9.98 Å². The molecule has 1 rings (SSSR count). The topological polar surface area (TPSA) is 93.0 Å². The number of nitrogens with zero attached hydrogens (tertiary/aromatic N) is 2. The van der Waals surface area contributed by atoms with Crippen molar-refractivity contribution in [1.82, 2.24) is 0 Å². The number of carbonyl (C=O) groups excluding carboxylic acids is 4. The Morgan fingerprint density at radius 1 is 0.850 bits per heavy atom. The summed E-state index contributed by atoms with van der Waals surface area (Å²) in [7, 11) is 0. The van der Waals surface area contributed by atoms with Crippen LogP contribution in [-0.2, 0) is 9.59 Å². The molecule has 0 aliphatic rings. The van der Waals surface area contributed by atoms with Crippen molar-refractivity contribution in [3.8, 4) is 0 Å². The molecule has 0 saturated heterocycles. The summed E-state index contributed by atoms with van der Waals surface area (Å²) in [5.74, 6) is -9.28. The molecule has 1 aromatic carbocycles. The molecule has 0 bridgehead atoms. The summed E-state index contributed by atoms with van der Waals surface area (Å²) in [4.78, 5) is 46.9. The molecule has 0 fully saturated rings. The van der Waals surface area contributed by atoms with Crippen molar-refractivity contribution in [1.29, 1.82) is 0 Å². The number of hydrogen-bond acceptors (Lipinski definition) is 4. The molecule has 20 heavy (non-hydrogen) atoms. The van der Waals surface area contributed by atoms with Crippen LogP contribution in [0.5, 0.6) is 0 Å². The highest BCUT2D eigenvalue weighted by molar-refractivity contribution is 6.31. The SMILES string of the molecule is O=C=NC(=O)c1c(F)c(Cl)c(F)c(C(=O)N=C=O)c1F. The van der Waals surface area contributed by atoms with Gasteiger partial charge in [-0.15, -0.1) is 9.98 Å². The van der Waals surface area contributed by atoms with E-state index in [9.17, 15) is 32.3 Å². The average molecular weight is 305 g/mol. The summed E-state index contributed by atoms with van der Waals surface area (Å²) in [5, 5.41) is -1.40. The molecular weight excluding hydrogens is 305 g/mol. The molecule has 0 aliphatic carbocycles. The lowest BCUT2D eigenvalue weighted by molar-refractivity contribution is 0.0991. The first-order chi connectivity index (χ1) is 9.36. The third kappa shape index (κ3) is 2.55. The van der Waals surface area contributed by atoms with Crippen molar-refractivity contribution in [3.63, 3.8) is 0 Å². The lowest BCUT2D eigenvalue weighted by Gasteiger charge is -2.07. The second-order valence-electron chi connectivity index (χ2n) is 3.02. The summed E-state index contributed by atoms with van der Waals surface area (Å²) in [6.07, 6.45) is 1.43. The van der Waals surface area contributed by atoms with Gasteiger partial charge in [0.05, 0.1) is 0 Å². The molecule has 102 valence electrons. The van der Waals surface area contributed by atoms with Crippen molar-refractivity contribution in [2.75, 3.05) is 0 Å². The van der Waals surface area contributed by atoms with Crippen LogP contribution in [0.3, 0.4) is 0 Å². The zero-order chi connectivity index (χ0) is 15.4. The third-order valence-electron chi connectivity index (χ3n) is 1.99. The Labute approximate surface area is 112 Å². The Morgan fingerprint density at radius 2 is 1.20 bits per heavy atom. The van der Waals surface area contributed by atoms with Crippen LogP contribution in [0.1, 0.15) is 20.7 Å². The number of rotatable bonds is 2. The van der Waals surface area contributed by atoms with E-state index in [0.717, 1.165) is 0 Å². The molecule has 0 atom stereocenters. The maximum atomic E-state index is 13.8. The fourth-order valence-electron chi connectivity index (χ4n) is 1.20. The van der Waals surface area contributed by atoms with E-state index in [0.29, 0.717) is 12.2 Å². The second-order valence-corrected chi connectivity index (χ2v) is 3.40. The van der Waals surface area contributed by atoms with Crippen LogP contribution in [0.15, 0.2) is 9.98 Å². The lowest BCUT2D eigenvalue weighted by atomic mass is 10.1. The fraction of sp³-hybridized carbons (Fsp3) is 0. The molecule has 0 radical (unpaired) electrons. The van der Waals surface area contributed by atoms with Gasteiger partial charge in [-0.2, -0.15) is 0 Å². The zero-order valence-corrected chi connectivity index (χ0v) is 9.80. The van der Waals surface area contributed by atoms with E-state index < -0.39 is 45.4 Å². The van der Waals surface area contributed by atoms with E-state index in [1.54, 1.807) is 0 Å². The van der Waals surface area contributed by atoms with Crippen LogP contribution < -0.4 is 0 Å². The molecule has 0 saturated carbocycles. The highest BCUT2D eigenvalue weighted by atomic mass is 35.5. The van der Waals surface area contributed by atoms with Gasteiger partial charge in [0, 0.05) is 0 Å². The molecule has 10 heteroatoms. The minimum atomic E-state index is -2.00. The van der Waals surface area contributed by atoms with Crippen molar-refractivity contribution < 1.29 is 32.3 Å². The van der Waals surface area contributed by atoms with E-state index in [-0.39, 0.29) is 0 Å². The van der Waals surface area contributed by atoms with Gasteiger partial charge >= 0.3 is 0 Å². The van der Waals surface area contributed by atoms with Gasteiger partial charge in [-0.3, -0.25) is 9.59 Å². The van der Waals surface area contributed by atoms with Crippen LogP contribution in [0.25, 0.3) is 0 Å². The summed E-state index contributed by atoms with van der Waals surface area (Å²) in [6.45, 7) is 0. The first kappa shape index (κ1) is 15.5. The Morgan fingerprint density at radius 3 is 1.50 bits per heavy atom. The Hall–Kier alpha value is -2.60. The van der Waals surface area contributed by atoms with Gasteiger partial charge in [0.1, 0.15) is 16.1 Å². The largest absolute Gasteiger partial charge is 0.293 e. The van der Waals surface area contributed by atoms with Crippen LogP contribution >= 0.6 is 11.6 Å². The molecular formula is C10ClF3N2O4. The Bertz CT molecular complexity index is 665. The van der Waals surface area contributed by atoms with Gasteiger partial charge in [0.25, 0.3) is 11.8 Å². The quantitative estimate of drug-likeness (QED) is 0.360. The molecule has 0 aromatic heterocycles. The molecule has 0 N–H and O–H groups in total. The monoisotopic (exact) mass is 304 g/mol. The van der Waals surface area contributed by atoms with Crippen molar-refractivity contribution in [3.05, 3.63) is 33.6 Å².